The zero-order chi connectivity index (χ0) is 25.5. The number of rotatable bonds is 5. The molecule has 0 atom stereocenters. The zero-order valence-corrected chi connectivity index (χ0v) is 21.2. The molecule has 1 aliphatic rings. The normalized spacial score (nSPS) is 15.4. The van der Waals surface area contributed by atoms with Crippen LogP contribution in [0.3, 0.4) is 0 Å². The number of fused-ring (bicyclic) bond motifs is 2. The van der Waals surface area contributed by atoms with E-state index in [1.54, 1.807) is 26.8 Å². The van der Waals surface area contributed by atoms with Crippen molar-refractivity contribution in [3.8, 4) is 0 Å². The first kappa shape index (κ1) is 25.7. The highest BCUT2D eigenvalue weighted by atomic mass is 32.2. The SMILES string of the molecule is CN(C)S(=O)(=O)c1ccc2c(c1)S(=O)(=O)c1ccccc1C(=O)N2CCNC(=O)OC(C)(C)C. The lowest BCUT2D eigenvalue weighted by Crippen LogP contribution is -2.40. The van der Waals surface area contributed by atoms with Gasteiger partial charge in [-0.1, -0.05) is 12.1 Å². The largest absolute Gasteiger partial charge is 0.444 e. The van der Waals surface area contributed by atoms with Crippen LogP contribution in [0, 0.1) is 0 Å². The number of amides is 2. The molecule has 2 aromatic rings. The lowest BCUT2D eigenvalue weighted by Gasteiger charge is -2.24. The van der Waals surface area contributed by atoms with Crippen molar-refractivity contribution in [3.05, 3.63) is 48.0 Å². The molecule has 34 heavy (non-hydrogen) atoms. The summed E-state index contributed by atoms with van der Waals surface area (Å²) in [5.41, 5.74) is -0.742. The van der Waals surface area contributed by atoms with Crippen LogP contribution in [0.5, 0.6) is 0 Å². The molecule has 10 nitrogen and oxygen atoms in total. The molecule has 2 aromatic carbocycles. The van der Waals surface area contributed by atoms with Gasteiger partial charge in [0.25, 0.3) is 5.91 Å². The second-order valence-electron chi connectivity index (χ2n) is 8.80. The van der Waals surface area contributed by atoms with E-state index >= 15 is 0 Å². The summed E-state index contributed by atoms with van der Waals surface area (Å²) in [6.45, 7) is 5.03. The van der Waals surface area contributed by atoms with Gasteiger partial charge in [-0.05, 0) is 51.1 Å². The van der Waals surface area contributed by atoms with Gasteiger partial charge in [-0.2, -0.15) is 0 Å². The lowest BCUT2D eigenvalue weighted by molar-refractivity contribution is 0.0528. The minimum atomic E-state index is -4.24. The third-order valence-corrected chi connectivity index (χ3v) is 8.60. The van der Waals surface area contributed by atoms with Gasteiger partial charge in [0.05, 0.1) is 25.9 Å². The Labute approximate surface area is 199 Å². The third kappa shape index (κ3) is 4.93. The predicted molar refractivity (Wildman–Crippen MR) is 125 cm³/mol. The van der Waals surface area contributed by atoms with Gasteiger partial charge >= 0.3 is 6.09 Å². The molecule has 184 valence electrons. The highest BCUT2D eigenvalue weighted by Gasteiger charge is 2.36. The van der Waals surface area contributed by atoms with Crippen LogP contribution in [-0.2, 0) is 24.6 Å². The maximum absolute atomic E-state index is 13.5. The fraction of sp³-hybridized carbons (Fsp3) is 0.364. The lowest BCUT2D eigenvalue weighted by atomic mass is 10.1. The van der Waals surface area contributed by atoms with E-state index in [1.807, 2.05) is 0 Å². The molecule has 0 unspecified atom stereocenters. The van der Waals surface area contributed by atoms with Crippen molar-refractivity contribution >= 4 is 37.5 Å². The van der Waals surface area contributed by atoms with Crippen molar-refractivity contribution < 1.29 is 31.2 Å². The number of hydrogen-bond acceptors (Lipinski definition) is 7. The average Bonchev–Trinajstić information content (AvgIpc) is 2.80. The van der Waals surface area contributed by atoms with Crippen LogP contribution in [0.25, 0.3) is 0 Å². The minimum absolute atomic E-state index is 0.0184. The highest BCUT2D eigenvalue weighted by Crippen LogP contribution is 2.38. The van der Waals surface area contributed by atoms with Crippen molar-refractivity contribution in [3.63, 3.8) is 0 Å². The summed E-state index contributed by atoms with van der Waals surface area (Å²) in [7, 11) is -5.50. The number of carbonyl (C=O) groups excluding carboxylic acids is 2. The monoisotopic (exact) mass is 509 g/mol. The summed E-state index contributed by atoms with van der Waals surface area (Å²) in [6, 6.07) is 9.34. The molecule has 0 bridgehead atoms. The summed E-state index contributed by atoms with van der Waals surface area (Å²) >= 11 is 0. The molecule has 0 saturated heterocycles. The molecule has 0 spiro atoms. The first-order valence-corrected chi connectivity index (χ1v) is 13.3. The molecule has 1 aliphatic heterocycles. The van der Waals surface area contributed by atoms with E-state index in [2.05, 4.69) is 5.32 Å². The smallest absolute Gasteiger partial charge is 0.407 e. The number of nitrogens with one attached hydrogen (secondary N) is 1. The molecule has 0 aliphatic carbocycles. The van der Waals surface area contributed by atoms with E-state index < -0.39 is 37.5 Å². The van der Waals surface area contributed by atoms with Crippen molar-refractivity contribution in [1.82, 2.24) is 9.62 Å². The third-order valence-electron chi connectivity index (χ3n) is 4.95. The Morgan fingerprint density at radius 2 is 1.74 bits per heavy atom. The number of benzene rings is 2. The van der Waals surface area contributed by atoms with Gasteiger partial charge in [-0.25, -0.2) is 25.9 Å². The molecule has 0 radical (unpaired) electrons. The first-order valence-electron chi connectivity index (χ1n) is 10.4. The predicted octanol–water partition coefficient (Wildman–Crippen LogP) is 2.25. The van der Waals surface area contributed by atoms with Crippen LogP contribution in [-0.4, -0.2) is 65.9 Å². The summed E-state index contributed by atoms with van der Waals surface area (Å²) in [4.78, 5) is 25.8. The van der Waals surface area contributed by atoms with Crippen LogP contribution >= 0.6 is 0 Å². The maximum Gasteiger partial charge on any atom is 0.407 e. The molecule has 1 heterocycles. The van der Waals surface area contributed by atoms with Crippen LogP contribution in [0.15, 0.2) is 57.2 Å². The van der Waals surface area contributed by atoms with E-state index in [0.29, 0.717) is 0 Å². The Morgan fingerprint density at radius 1 is 1.09 bits per heavy atom. The maximum atomic E-state index is 13.5. The van der Waals surface area contributed by atoms with E-state index in [4.69, 9.17) is 4.74 Å². The molecule has 0 aromatic heterocycles. The van der Waals surface area contributed by atoms with Crippen molar-refractivity contribution in [2.75, 3.05) is 32.1 Å². The van der Waals surface area contributed by atoms with Gasteiger partial charge in [-0.15, -0.1) is 0 Å². The standard InChI is InChI=1S/C22H27N3O7S2/c1-22(2,3)32-21(27)23-12-13-25-17-11-10-15(34(30,31)24(4)5)14-19(17)33(28,29)18-9-7-6-8-16(18)20(25)26/h6-11,14H,12-13H2,1-5H3,(H,23,27). The number of alkyl carbamates (subject to hydrolysis) is 1. The van der Waals surface area contributed by atoms with Crippen LogP contribution in [0.2, 0.25) is 0 Å². The quantitative estimate of drug-likeness (QED) is 0.654. The number of ether oxygens (including phenoxy) is 1. The van der Waals surface area contributed by atoms with E-state index in [-0.39, 0.29) is 39.0 Å². The van der Waals surface area contributed by atoms with Gasteiger partial charge in [0.15, 0.2) is 0 Å². The Bertz CT molecular complexity index is 1340. The van der Waals surface area contributed by atoms with Gasteiger partial charge < -0.3 is 15.0 Å². The van der Waals surface area contributed by atoms with Crippen molar-refractivity contribution in [2.24, 2.45) is 0 Å². The number of sulfonamides is 1. The Balaban J connectivity index is 2.10. The van der Waals surface area contributed by atoms with Crippen LogP contribution in [0.4, 0.5) is 10.5 Å². The number of nitrogens with zero attached hydrogens (tertiary/aromatic N) is 2. The van der Waals surface area contributed by atoms with E-state index in [9.17, 15) is 26.4 Å². The van der Waals surface area contributed by atoms with Gasteiger partial charge in [-0.3, -0.25) is 4.79 Å². The van der Waals surface area contributed by atoms with E-state index in [0.717, 1.165) is 10.4 Å². The molecule has 0 fully saturated rings. The summed E-state index contributed by atoms with van der Waals surface area (Å²) in [5, 5.41) is 2.55. The molecule has 12 heteroatoms. The van der Waals surface area contributed by atoms with Crippen molar-refractivity contribution in [1.29, 1.82) is 0 Å². The number of hydrogen-bond donors (Lipinski definition) is 1. The summed E-state index contributed by atoms with van der Waals surface area (Å²) in [6.07, 6.45) is -0.685. The molecular formula is C22H27N3O7S2. The van der Waals surface area contributed by atoms with Gasteiger partial charge in [0, 0.05) is 27.2 Å². The van der Waals surface area contributed by atoms with Gasteiger partial charge in [0.1, 0.15) is 5.60 Å². The minimum Gasteiger partial charge on any atom is -0.444 e. The van der Waals surface area contributed by atoms with Crippen molar-refractivity contribution in [2.45, 2.75) is 41.1 Å². The topological polar surface area (TPSA) is 130 Å². The highest BCUT2D eigenvalue weighted by molar-refractivity contribution is 7.92. The fourth-order valence-corrected chi connectivity index (χ4v) is 6.04. The number of anilines is 1. The average molecular weight is 510 g/mol. The second-order valence-corrected chi connectivity index (χ2v) is 12.8. The Hall–Kier alpha value is -2.96. The van der Waals surface area contributed by atoms with E-state index in [1.165, 1.54) is 49.3 Å². The second kappa shape index (κ2) is 9.01. The van der Waals surface area contributed by atoms with Gasteiger partial charge in [0.2, 0.25) is 19.9 Å². The van der Waals surface area contributed by atoms with Crippen LogP contribution < -0.4 is 10.2 Å². The Morgan fingerprint density at radius 3 is 2.35 bits per heavy atom. The Kier molecular flexibility index (Phi) is 6.80. The molecule has 0 saturated carbocycles. The number of sulfone groups is 1. The molecule has 3 rings (SSSR count). The summed E-state index contributed by atoms with van der Waals surface area (Å²) in [5.74, 6) is -0.591. The number of carbonyl (C=O) groups is 2. The fourth-order valence-electron chi connectivity index (χ4n) is 3.36. The molecule has 2 amide bonds. The molecular weight excluding hydrogens is 482 g/mol. The molecule has 1 N–H and O–H groups in total. The first-order chi connectivity index (χ1) is 15.7. The zero-order valence-electron chi connectivity index (χ0n) is 19.5. The summed E-state index contributed by atoms with van der Waals surface area (Å²) < 4.78 is 58.5. The van der Waals surface area contributed by atoms with Crippen LogP contribution in [0.1, 0.15) is 31.1 Å².